The Morgan fingerprint density at radius 3 is 2.43 bits per heavy atom. The van der Waals surface area contributed by atoms with Gasteiger partial charge in [-0.25, -0.2) is 0 Å². The Morgan fingerprint density at radius 2 is 1.86 bits per heavy atom. The number of imide groups is 1. The van der Waals surface area contributed by atoms with Crippen molar-refractivity contribution in [2.45, 2.75) is 13.3 Å². The average Bonchev–Trinajstić information content (AvgIpc) is 2.72. The van der Waals surface area contributed by atoms with Gasteiger partial charge in [-0.1, -0.05) is 19.1 Å². The summed E-state index contributed by atoms with van der Waals surface area (Å²) in [5.74, 6) is -1.03. The van der Waals surface area contributed by atoms with Crippen molar-refractivity contribution in [3.05, 3.63) is 46.5 Å². The second-order valence-electron chi connectivity index (χ2n) is 5.44. The van der Waals surface area contributed by atoms with Gasteiger partial charge in [-0.3, -0.25) is 24.6 Å². The molecule has 2 aliphatic rings. The first kappa shape index (κ1) is 13.5. The van der Waals surface area contributed by atoms with Crippen molar-refractivity contribution in [3.8, 4) is 0 Å². The van der Waals surface area contributed by atoms with Crippen LogP contribution in [0, 0.1) is 27.9 Å². The molecule has 3 rings (SSSR count). The zero-order valence-corrected chi connectivity index (χ0v) is 11.4. The number of rotatable bonds is 2. The number of hydrogen-bond donors (Lipinski definition) is 0. The highest BCUT2D eigenvalue weighted by molar-refractivity contribution is 6.22. The van der Waals surface area contributed by atoms with E-state index in [0.717, 1.165) is 0 Å². The van der Waals surface area contributed by atoms with Gasteiger partial charge in [0.25, 0.3) is 5.69 Å². The van der Waals surface area contributed by atoms with Gasteiger partial charge in [-0.2, -0.15) is 0 Å². The Bertz CT molecular complexity index is 650. The van der Waals surface area contributed by atoms with Gasteiger partial charge in [0.05, 0.1) is 22.4 Å². The van der Waals surface area contributed by atoms with E-state index in [1.165, 1.54) is 29.2 Å². The van der Waals surface area contributed by atoms with Crippen LogP contribution in [0.1, 0.15) is 13.3 Å². The monoisotopic (exact) mass is 286 g/mol. The lowest BCUT2D eigenvalue weighted by atomic mass is 9.78. The normalized spacial score (nSPS) is 27.9. The van der Waals surface area contributed by atoms with E-state index in [2.05, 4.69) is 0 Å². The van der Waals surface area contributed by atoms with Crippen LogP contribution in [0.5, 0.6) is 0 Å². The van der Waals surface area contributed by atoms with Gasteiger partial charge in [0.2, 0.25) is 11.8 Å². The molecule has 2 amide bonds. The fraction of sp³-hybridized carbons (Fsp3) is 0.333. The maximum atomic E-state index is 12.5. The van der Waals surface area contributed by atoms with Crippen molar-refractivity contribution in [3.63, 3.8) is 0 Å². The number of carbonyl (C=O) groups excluding carboxylic acids is 2. The molecule has 3 atom stereocenters. The van der Waals surface area contributed by atoms with Crippen LogP contribution in [0.2, 0.25) is 0 Å². The molecule has 1 aromatic carbocycles. The largest absolute Gasteiger partial charge is 0.274 e. The number of anilines is 1. The number of fused-ring (bicyclic) bond motifs is 1. The van der Waals surface area contributed by atoms with Crippen LogP contribution < -0.4 is 4.90 Å². The molecule has 1 fully saturated rings. The van der Waals surface area contributed by atoms with E-state index in [4.69, 9.17) is 0 Å². The quantitative estimate of drug-likeness (QED) is 0.361. The zero-order chi connectivity index (χ0) is 15.1. The summed E-state index contributed by atoms with van der Waals surface area (Å²) in [6, 6.07) is 5.51. The molecule has 1 aliphatic heterocycles. The minimum Gasteiger partial charge on any atom is -0.274 e. The van der Waals surface area contributed by atoms with E-state index in [-0.39, 0.29) is 35.3 Å². The Kier molecular flexibility index (Phi) is 3.08. The standard InChI is InChI=1S/C15H14N2O4/c1-9-3-2-4-12-13(9)15(19)16(14(12)18)10-5-7-11(8-6-10)17(20)21/h2-3,5-9,12-13H,4H2,1H3/t9-,12-,13+/m1/s1. The lowest BCUT2D eigenvalue weighted by Gasteiger charge is -2.22. The molecule has 0 radical (unpaired) electrons. The third kappa shape index (κ3) is 2.03. The van der Waals surface area contributed by atoms with E-state index in [1.807, 2.05) is 19.1 Å². The second-order valence-corrected chi connectivity index (χ2v) is 5.44. The highest BCUT2D eigenvalue weighted by Gasteiger charge is 2.50. The Balaban J connectivity index is 1.94. The van der Waals surface area contributed by atoms with Gasteiger partial charge in [-0.05, 0) is 24.5 Å². The van der Waals surface area contributed by atoms with Crippen molar-refractivity contribution in [2.24, 2.45) is 17.8 Å². The molecule has 0 N–H and O–H groups in total. The van der Waals surface area contributed by atoms with Gasteiger partial charge < -0.3 is 0 Å². The molecular formula is C15H14N2O4. The number of nitro groups is 1. The Morgan fingerprint density at radius 1 is 1.19 bits per heavy atom. The highest BCUT2D eigenvalue weighted by Crippen LogP contribution is 2.40. The molecule has 21 heavy (non-hydrogen) atoms. The van der Waals surface area contributed by atoms with Gasteiger partial charge in [0.15, 0.2) is 0 Å². The molecule has 0 saturated carbocycles. The average molecular weight is 286 g/mol. The molecule has 6 nitrogen and oxygen atoms in total. The first-order valence-corrected chi connectivity index (χ1v) is 6.79. The van der Waals surface area contributed by atoms with E-state index < -0.39 is 4.92 Å². The van der Waals surface area contributed by atoms with Crippen LogP contribution in [0.25, 0.3) is 0 Å². The number of benzene rings is 1. The van der Waals surface area contributed by atoms with Crippen LogP contribution in [0.3, 0.4) is 0 Å². The van der Waals surface area contributed by atoms with E-state index in [0.29, 0.717) is 12.1 Å². The van der Waals surface area contributed by atoms with Crippen LogP contribution in [0.15, 0.2) is 36.4 Å². The molecular weight excluding hydrogens is 272 g/mol. The van der Waals surface area contributed by atoms with Crippen molar-refractivity contribution in [1.29, 1.82) is 0 Å². The first-order valence-electron chi connectivity index (χ1n) is 6.79. The molecule has 1 aliphatic carbocycles. The van der Waals surface area contributed by atoms with Crippen molar-refractivity contribution < 1.29 is 14.5 Å². The summed E-state index contributed by atoms with van der Waals surface area (Å²) < 4.78 is 0. The Labute approximate surface area is 121 Å². The number of allylic oxidation sites excluding steroid dienone is 2. The number of amides is 2. The predicted molar refractivity (Wildman–Crippen MR) is 75.5 cm³/mol. The zero-order valence-electron chi connectivity index (χ0n) is 11.4. The molecule has 0 aromatic heterocycles. The van der Waals surface area contributed by atoms with Crippen LogP contribution in [-0.4, -0.2) is 16.7 Å². The van der Waals surface area contributed by atoms with Crippen molar-refractivity contribution in [2.75, 3.05) is 4.90 Å². The van der Waals surface area contributed by atoms with Gasteiger partial charge in [0, 0.05) is 12.1 Å². The van der Waals surface area contributed by atoms with E-state index >= 15 is 0 Å². The van der Waals surface area contributed by atoms with Gasteiger partial charge in [-0.15, -0.1) is 0 Å². The number of carbonyl (C=O) groups is 2. The van der Waals surface area contributed by atoms with Crippen LogP contribution >= 0.6 is 0 Å². The lowest BCUT2D eigenvalue weighted by Crippen LogP contribution is -2.31. The lowest BCUT2D eigenvalue weighted by molar-refractivity contribution is -0.384. The maximum absolute atomic E-state index is 12.5. The fourth-order valence-electron chi connectivity index (χ4n) is 3.13. The maximum Gasteiger partial charge on any atom is 0.269 e. The van der Waals surface area contributed by atoms with Crippen molar-refractivity contribution >= 4 is 23.2 Å². The summed E-state index contributed by atoms with van der Waals surface area (Å²) in [5.41, 5.74) is 0.336. The third-order valence-electron chi connectivity index (χ3n) is 4.19. The van der Waals surface area contributed by atoms with E-state index in [1.54, 1.807) is 0 Å². The number of nitrogens with zero attached hydrogens (tertiary/aromatic N) is 2. The molecule has 0 unspecified atom stereocenters. The molecule has 1 saturated heterocycles. The summed E-state index contributed by atoms with van der Waals surface area (Å²) in [6.45, 7) is 1.93. The molecule has 0 spiro atoms. The topological polar surface area (TPSA) is 80.5 Å². The van der Waals surface area contributed by atoms with Gasteiger partial charge in [0.1, 0.15) is 0 Å². The fourth-order valence-corrected chi connectivity index (χ4v) is 3.13. The molecule has 1 heterocycles. The second kappa shape index (κ2) is 4.80. The highest BCUT2D eigenvalue weighted by atomic mass is 16.6. The Hall–Kier alpha value is -2.50. The predicted octanol–water partition coefficient (Wildman–Crippen LogP) is 2.30. The first-order chi connectivity index (χ1) is 10.0. The summed E-state index contributed by atoms with van der Waals surface area (Å²) >= 11 is 0. The summed E-state index contributed by atoms with van der Waals surface area (Å²) in [6.07, 6.45) is 4.48. The summed E-state index contributed by atoms with van der Waals surface area (Å²) in [4.78, 5) is 36.3. The van der Waals surface area contributed by atoms with Crippen LogP contribution in [-0.2, 0) is 9.59 Å². The van der Waals surface area contributed by atoms with Gasteiger partial charge >= 0.3 is 0 Å². The summed E-state index contributed by atoms with van der Waals surface area (Å²) in [5, 5.41) is 10.7. The minimum absolute atomic E-state index is 0.0308. The SMILES string of the molecule is C[C@@H]1C=CC[C@H]2C(=O)N(c3ccc([N+](=O)[O-])cc3)C(=O)[C@@H]12. The minimum atomic E-state index is -0.511. The van der Waals surface area contributed by atoms with Crippen molar-refractivity contribution in [1.82, 2.24) is 0 Å². The van der Waals surface area contributed by atoms with Crippen LogP contribution in [0.4, 0.5) is 11.4 Å². The number of non-ortho nitro benzene ring substituents is 1. The molecule has 1 aromatic rings. The summed E-state index contributed by atoms with van der Waals surface area (Å²) in [7, 11) is 0. The van der Waals surface area contributed by atoms with E-state index in [9.17, 15) is 19.7 Å². The third-order valence-corrected chi connectivity index (χ3v) is 4.19. The molecule has 6 heteroatoms. The molecule has 108 valence electrons. The number of hydrogen-bond acceptors (Lipinski definition) is 4. The molecule has 0 bridgehead atoms. The smallest absolute Gasteiger partial charge is 0.269 e. The number of nitro benzene ring substituents is 1.